The summed E-state index contributed by atoms with van der Waals surface area (Å²) in [5, 5.41) is 3.16. The fourth-order valence-corrected chi connectivity index (χ4v) is 2.67. The van der Waals surface area contributed by atoms with Crippen LogP contribution in [0.4, 0.5) is 0 Å². The number of likely N-dealkylation sites (N-methyl/N-ethyl adjacent to an activating group) is 1. The first kappa shape index (κ1) is 16.4. The van der Waals surface area contributed by atoms with Crippen molar-refractivity contribution in [3.05, 3.63) is 0 Å². The summed E-state index contributed by atoms with van der Waals surface area (Å²) in [4.78, 5) is 11.7. The molecular weight excluding hydrogens is 242 g/mol. The number of carbonyl (C=O) groups excluding carboxylic acids is 1. The van der Waals surface area contributed by atoms with Gasteiger partial charge in [-0.05, 0) is 38.6 Å². The fourth-order valence-electron chi connectivity index (χ4n) is 2.67. The van der Waals surface area contributed by atoms with Crippen molar-refractivity contribution in [3.8, 4) is 0 Å². The SMILES string of the molecule is CCNC(CCOC1CCCC(C)C1)C(=O)OCC. The minimum absolute atomic E-state index is 0.162. The monoisotopic (exact) mass is 271 g/mol. The molecule has 4 heteroatoms. The first-order valence-electron chi connectivity index (χ1n) is 7.69. The van der Waals surface area contributed by atoms with E-state index in [-0.39, 0.29) is 12.0 Å². The summed E-state index contributed by atoms with van der Waals surface area (Å²) in [6.45, 7) is 7.95. The highest BCUT2D eigenvalue weighted by Crippen LogP contribution is 2.25. The molecule has 0 amide bonds. The third kappa shape index (κ3) is 6.39. The molecule has 0 bridgehead atoms. The average molecular weight is 271 g/mol. The summed E-state index contributed by atoms with van der Waals surface area (Å²) in [5.74, 6) is 0.610. The molecule has 0 aromatic carbocycles. The van der Waals surface area contributed by atoms with Gasteiger partial charge in [0.1, 0.15) is 6.04 Å². The summed E-state index contributed by atoms with van der Waals surface area (Å²) in [5.41, 5.74) is 0. The summed E-state index contributed by atoms with van der Waals surface area (Å²) in [6.07, 6.45) is 5.98. The first-order valence-corrected chi connectivity index (χ1v) is 7.69. The van der Waals surface area contributed by atoms with Gasteiger partial charge in [-0.15, -0.1) is 0 Å². The Morgan fingerprint density at radius 1 is 1.37 bits per heavy atom. The van der Waals surface area contributed by atoms with Crippen LogP contribution in [-0.2, 0) is 14.3 Å². The van der Waals surface area contributed by atoms with Gasteiger partial charge in [0, 0.05) is 6.61 Å². The van der Waals surface area contributed by atoms with Gasteiger partial charge in [0.2, 0.25) is 0 Å². The van der Waals surface area contributed by atoms with E-state index in [1.54, 1.807) is 0 Å². The number of carbonyl (C=O) groups is 1. The van der Waals surface area contributed by atoms with Gasteiger partial charge in [-0.3, -0.25) is 4.79 Å². The number of ether oxygens (including phenoxy) is 2. The number of rotatable bonds is 8. The van der Waals surface area contributed by atoms with E-state index >= 15 is 0 Å². The molecule has 0 aromatic heterocycles. The Hall–Kier alpha value is -0.610. The molecule has 0 radical (unpaired) electrons. The highest BCUT2D eigenvalue weighted by Gasteiger charge is 2.22. The van der Waals surface area contributed by atoms with E-state index < -0.39 is 0 Å². The van der Waals surface area contributed by atoms with Gasteiger partial charge in [-0.25, -0.2) is 0 Å². The van der Waals surface area contributed by atoms with Crippen LogP contribution in [-0.4, -0.2) is 37.9 Å². The largest absolute Gasteiger partial charge is 0.465 e. The van der Waals surface area contributed by atoms with Gasteiger partial charge >= 0.3 is 5.97 Å². The van der Waals surface area contributed by atoms with Crippen LogP contribution < -0.4 is 5.32 Å². The van der Waals surface area contributed by atoms with Gasteiger partial charge in [0.25, 0.3) is 0 Å². The number of hydrogen-bond acceptors (Lipinski definition) is 4. The zero-order valence-electron chi connectivity index (χ0n) is 12.6. The molecular formula is C15H29NO3. The molecule has 0 aromatic rings. The molecule has 0 spiro atoms. The lowest BCUT2D eigenvalue weighted by molar-refractivity contribution is -0.146. The minimum atomic E-state index is -0.231. The Balaban J connectivity index is 2.25. The van der Waals surface area contributed by atoms with Crippen molar-refractivity contribution in [1.82, 2.24) is 5.32 Å². The maximum Gasteiger partial charge on any atom is 0.323 e. The number of hydrogen-bond donors (Lipinski definition) is 1. The summed E-state index contributed by atoms with van der Waals surface area (Å²) in [7, 11) is 0. The molecule has 1 saturated carbocycles. The third-order valence-corrected chi connectivity index (χ3v) is 3.67. The standard InChI is InChI=1S/C15H29NO3/c1-4-16-14(15(17)18-5-2)9-10-19-13-8-6-7-12(3)11-13/h12-14,16H,4-11H2,1-3H3. The van der Waals surface area contributed by atoms with Gasteiger partial charge in [-0.1, -0.05) is 26.7 Å². The molecule has 0 heterocycles. The van der Waals surface area contributed by atoms with E-state index in [9.17, 15) is 4.79 Å². The van der Waals surface area contributed by atoms with Crippen molar-refractivity contribution in [1.29, 1.82) is 0 Å². The lowest BCUT2D eigenvalue weighted by Crippen LogP contribution is -2.39. The average Bonchev–Trinajstić information content (AvgIpc) is 2.38. The molecule has 1 N–H and O–H groups in total. The van der Waals surface area contributed by atoms with Crippen LogP contribution in [0.25, 0.3) is 0 Å². The quantitative estimate of drug-likeness (QED) is 0.689. The lowest BCUT2D eigenvalue weighted by atomic mass is 9.89. The number of esters is 1. The Morgan fingerprint density at radius 3 is 2.79 bits per heavy atom. The topological polar surface area (TPSA) is 47.6 Å². The van der Waals surface area contributed by atoms with Crippen LogP contribution in [0.15, 0.2) is 0 Å². The lowest BCUT2D eigenvalue weighted by Gasteiger charge is -2.27. The Bertz CT molecular complexity index is 258. The van der Waals surface area contributed by atoms with Crippen molar-refractivity contribution in [2.45, 2.75) is 65.0 Å². The van der Waals surface area contributed by atoms with Crippen LogP contribution in [0.3, 0.4) is 0 Å². The molecule has 1 rings (SSSR count). The van der Waals surface area contributed by atoms with Crippen LogP contribution in [0.1, 0.15) is 52.9 Å². The highest BCUT2D eigenvalue weighted by atomic mass is 16.5. The van der Waals surface area contributed by atoms with Gasteiger partial charge in [-0.2, -0.15) is 0 Å². The second-order valence-electron chi connectivity index (χ2n) is 5.42. The van der Waals surface area contributed by atoms with Gasteiger partial charge in [0.15, 0.2) is 0 Å². The van der Waals surface area contributed by atoms with E-state index in [0.717, 1.165) is 25.3 Å². The van der Waals surface area contributed by atoms with E-state index in [1.807, 2.05) is 13.8 Å². The zero-order valence-corrected chi connectivity index (χ0v) is 12.6. The normalized spacial score (nSPS) is 25.0. The summed E-state index contributed by atoms with van der Waals surface area (Å²) in [6, 6.07) is -0.231. The van der Waals surface area contributed by atoms with E-state index in [1.165, 1.54) is 12.8 Å². The molecule has 0 aliphatic heterocycles. The number of nitrogens with one attached hydrogen (secondary N) is 1. The van der Waals surface area contributed by atoms with Crippen LogP contribution in [0, 0.1) is 5.92 Å². The molecule has 3 atom stereocenters. The third-order valence-electron chi connectivity index (χ3n) is 3.67. The molecule has 112 valence electrons. The van der Waals surface area contributed by atoms with Crippen molar-refractivity contribution in [3.63, 3.8) is 0 Å². The van der Waals surface area contributed by atoms with Crippen molar-refractivity contribution < 1.29 is 14.3 Å². The summed E-state index contributed by atoms with van der Waals surface area (Å²) >= 11 is 0. The molecule has 1 aliphatic rings. The minimum Gasteiger partial charge on any atom is -0.465 e. The van der Waals surface area contributed by atoms with Crippen LogP contribution >= 0.6 is 0 Å². The van der Waals surface area contributed by atoms with Crippen molar-refractivity contribution in [2.75, 3.05) is 19.8 Å². The maximum absolute atomic E-state index is 11.7. The Morgan fingerprint density at radius 2 is 2.16 bits per heavy atom. The second-order valence-corrected chi connectivity index (χ2v) is 5.42. The molecule has 0 saturated heterocycles. The zero-order chi connectivity index (χ0) is 14.1. The van der Waals surface area contributed by atoms with E-state index in [0.29, 0.717) is 25.7 Å². The van der Waals surface area contributed by atoms with Crippen molar-refractivity contribution in [2.24, 2.45) is 5.92 Å². The van der Waals surface area contributed by atoms with Crippen molar-refractivity contribution >= 4 is 5.97 Å². The molecule has 3 unspecified atom stereocenters. The molecule has 4 nitrogen and oxygen atoms in total. The first-order chi connectivity index (χ1) is 9.17. The van der Waals surface area contributed by atoms with Crippen LogP contribution in [0.2, 0.25) is 0 Å². The van der Waals surface area contributed by atoms with Crippen LogP contribution in [0.5, 0.6) is 0 Å². The molecule has 1 fully saturated rings. The second kappa shape index (κ2) is 9.32. The smallest absolute Gasteiger partial charge is 0.323 e. The fraction of sp³-hybridized carbons (Fsp3) is 0.933. The molecule has 1 aliphatic carbocycles. The predicted molar refractivity (Wildman–Crippen MR) is 76.1 cm³/mol. The highest BCUT2D eigenvalue weighted by molar-refractivity contribution is 5.75. The van der Waals surface area contributed by atoms with E-state index in [4.69, 9.17) is 9.47 Å². The molecule has 19 heavy (non-hydrogen) atoms. The Kier molecular flexibility index (Phi) is 8.07. The maximum atomic E-state index is 11.7. The van der Waals surface area contributed by atoms with Gasteiger partial charge < -0.3 is 14.8 Å². The Labute approximate surface area is 117 Å². The van der Waals surface area contributed by atoms with E-state index in [2.05, 4.69) is 12.2 Å². The predicted octanol–water partition coefficient (Wildman–Crippen LogP) is 2.51. The van der Waals surface area contributed by atoms with Gasteiger partial charge in [0.05, 0.1) is 12.7 Å². The summed E-state index contributed by atoms with van der Waals surface area (Å²) < 4.78 is 11.0.